The number of nitrogens with zero attached hydrogens (tertiary/aromatic N) is 1. The summed E-state index contributed by atoms with van der Waals surface area (Å²) >= 11 is 0. The fraction of sp³-hybridized carbons (Fsp3) is 0. The highest BCUT2D eigenvalue weighted by atomic mass is 16.6. The number of aromatic hydroxyl groups is 1. The molecule has 4 aromatic rings. The van der Waals surface area contributed by atoms with Crippen molar-refractivity contribution in [2.45, 2.75) is 0 Å². The molecule has 0 atom stereocenters. The Morgan fingerprint density at radius 2 is 1.64 bits per heavy atom. The number of benzene rings is 3. The van der Waals surface area contributed by atoms with E-state index in [2.05, 4.69) is 0 Å². The first-order valence-electron chi connectivity index (χ1n) is 7.48. The van der Waals surface area contributed by atoms with E-state index in [4.69, 9.17) is 4.42 Å². The van der Waals surface area contributed by atoms with Crippen LogP contribution in [-0.4, -0.2) is 10.0 Å². The molecule has 25 heavy (non-hydrogen) atoms. The van der Waals surface area contributed by atoms with Gasteiger partial charge in [0.05, 0.1) is 10.3 Å². The van der Waals surface area contributed by atoms with Crippen LogP contribution in [0.2, 0.25) is 0 Å². The molecule has 0 bridgehead atoms. The summed E-state index contributed by atoms with van der Waals surface area (Å²) in [7, 11) is 0. The van der Waals surface area contributed by atoms with Crippen LogP contribution in [-0.2, 0) is 0 Å². The number of nitro groups is 1. The molecule has 6 heteroatoms. The predicted octanol–water partition coefficient (Wildman–Crippen LogP) is 4.23. The summed E-state index contributed by atoms with van der Waals surface area (Å²) in [5.74, 6) is -0.527. The Balaban J connectivity index is 2.04. The Morgan fingerprint density at radius 1 is 0.920 bits per heavy atom. The SMILES string of the molecule is O=c1c(O)c(-c2ccc([N+](=O)[O-])cc2)oc2c1ccc1ccccc12. The quantitative estimate of drug-likeness (QED) is 0.336. The van der Waals surface area contributed by atoms with Gasteiger partial charge in [-0.25, -0.2) is 0 Å². The molecule has 0 fully saturated rings. The maximum Gasteiger partial charge on any atom is 0.269 e. The lowest BCUT2D eigenvalue weighted by molar-refractivity contribution is -0.384. The Bertz CT molecular complexity index is 1190. The first kappa shape index (κ1) is 14.9. The molecule has 1 N–H and O–H groups in total. The average molecular weight is 333 g/mol. The molecule has 0 saturated heterocycles. The summed E-state index contributed by atoms with van der Waals surface area (Å²) in [6.07, 6.45) is 0. The van der Waals surface area contributed by atoms with Gasteiger partial charge in [-0.1, -0.05) is 30.3 Å². The highest BCUT2D eigenvalue weighted by Gasteiger charge is 2.17. The van der Waals surface area contributed by atoms with Gasteiger partial charge in [0.2, 0.25) is 11.2 Å². The molecule has 0 spiro atoms. The first-order valence-corrected chi connectivity index (χ1v) is 7.48. The topological polar surface area (TPSA) is 93.6 Å². The Labute approximate surface area is 140 Å². The molecule has 6 nitrogen and oxygen atoms in total. The molecule has 1 heterocycles. The molecule has 3 aromatic carbocycles. The summed E-state index contributed by atoms with van der Waals surface area (Å²) in [5, 5.41) is 23.0. The van der Waals surface area contributed by atoms with Crippen molar-refractivity contribution in [3.8, 4) is 17.1 Å². The zero-order valence-corrected chi connectivity index (χ0v) is 12.8. The van der Waals surface area contributed by atoms with Crippen LogP contribution in [0.15, 0.2) is 69.9 Å². The lowest BCUT2D eigenvalue weighted by Crippen LogP contribution is -2.02. The summed E-state index contributed by atoms with van der Waals surface area (Å²) in [5.41, 5.74) is 0.126. The third-order valence-corrected chi connectivity index (χ3v) is 4.10. The molecular weight excluding hydrogens is 322 g/mol. The van der Waals surface area contributed by atoms with Crippen molar-refractivity contribution < 1.29 is 14.4 Å². The smallest absolute Gasteiger partial charge is 0.269 e. The van der Waals surface area contributed by atoms with Crippen molar-refractivity contribution in [2.24, 2.45) is 0 Å². The van der Waals surface area contributed by atoms with Crippen molar-refractivity contribution in [2.75, 3.05) is 0 Å². The number of fused-ring (bicyclic) bond motifs is 3. The molecule has 0 unspecified atom stereocenters. The zero-order valence-electron chi connectivity index (χ0n) is 12.8. The van der Waals surface area contributed by atoms with E-state index in [0.29, 0.717) is 11.1 Å². The van der Waals surface area contributed by atoms with Gasteiger partial charge in [-0.15, -0.1) is 0 Å². The van der Waals surface area contributed by atoms with Crippen LogP contribution in [0.3, 0.4) is 0 Å². The van der Waals surface area contributed by atoms with Gasteiger partial charge < -0.3 is 9.52 Å². The Kier molecular flexibility index (Phi) is 3.25. The van der Waals surface area contributed by atoms with Crippen molar-refractivity contribution in [1.82, 2.24) is 0 Å². The van der Waals surface area contributed by atoms with Gasteiger partial charge in [-0.2, -0.15) is 0 Å². The second kappa shape index (κ2) is 5.45. The summed E-state index contributed by atoms with van der Waals surface area (Å²) in [4.78, 5) is 22.8. The molecular formula is C19H11NO5. The summed E-state index contributed by atoms with van der Waals surface area (Å²) in [6, 6.07) is 16.3. The lowest BCUT2D eigenvalue weighted by Gasteiger charge is -2.08. The molecule has 0 radical (unpaired) electrons. The van der Waals surface area contributed by atoms with Gasteiger partial charge >= 0.3 is 0 Å². The zero-order chi connectivity index (χ0) is 17.6. The number of nitro benzene ring substituents is 1. The number of hydrogen-bond donors (Lipinski definition) is 1. The van der Waals surface area contributed by atoms with Crippen LogP contribution >= 0.6 is 0 Å². The summed E-state index contributed by atoms with van der Waals surface area (Å²) < 4.78 is 5.85. The van der Waals surface area contributed by atoms with Crippen molar-refractivity contribution in [1.29, 1.82) is 0 Å². The molecule has 0 aliphatic heterocycles. The predicted molar refractivity (Wildman–Crippen MR) is 93.7 cm³/mol. The number of hydrogen-bond acceptors (Lipinski definition) is 5. The monoisotopic (exact) mass is 333 g/mol. The highest BCUT2D eigenvalue weighted by Crippen LogP contribution is 2.33. The van der Waals surface area contributed by atoms with E-state index in [1.807, 2.05) is 24.3 Å². The lowest BCUT2D eigenvalue weighted by atomic mass is 10.1. The van der Waals surface area contributed by atoms with Gasteiger partial charge in [0, 0.05) is 23.1 Å². The molecule has 4 rings (SSSR count). The fourth-order valence-corrected chi connectivity index (χ4v) is 2.84. The fourth-order valence-electron chi connectivity index (χ4n) is 2.84. The van der Waals surface area contributed by atoms with Crippen LogP contribution in [0.1, 0.15) is 0 Å². The van der Waals surface area contributed by atoms with Crippen molar-refractivity contribution >= 4 is 27.4 Å². The van der Waals surface area contributed by atoms with E-state index in [1.165, 1.54) is 24.3 Å². The van der Waals surface area contributed by atoms with Crippen LogP contribution in [0.4, 0.5) is 5.69 Å². The van der Waals surface area contributed by atoms with Gasteiger partial charge in [0.1, 0.15) is 5.58 Å². The maximum atomic E-state index is 12.5. The molecule has 0 amide bonds. The van der Waals surface area contributed by atoms with Gasteiger partial charge in [0.15, 0.2) is 5.76 Å². The molecule has 0 aliphatic rings. The van der Waals surface area contributed by atoms with E-state index in [-0.39, 0.29) is 16.8 Å². The standard InChI is InChI=1S/C19H11NO5/c21-16-15-10-7-11-3-1-2-4-14(11)19(15)25-18(17(16)22)12-5-8-13(9-6-12)20(23)24/h1-10,22H. The van der Waals surface area contributed by atoms with Crippen molar-refractivity contribution in [3.05, 3.63) is 81.0 Å². The summed E-state index contributed by atoms with van der Waals surface area (Å²) in [6.45, 7) is 0. The minimum atomic E-state index is -0.541. The second-order valence-electron chi connectivity index (χ2n) is 5.58. The maximum absolute atomic E-state index is 12.5. The van der Waals surface area contributed by atoms with Crippen LogP contribution in [0.25, 0.3) is 33.1 Å². The van der Waals surface area contributed by atoms with E-state index in [1.54, 1.807) is 12.1 Å². The van der Waals surface area contributed by atoms with E-state index in [9.17, 15) is 20.0 Å². The van der Waals surface area contributed by atoms with Crippen LogP contribution in [0, 0.1) is 10.1 Å². The van der Waals surface area contributed by atoms with Gasteiger partial charge in [-0.05, 0) is 23.6 Å². The number of non-ortho nitro benzene ring substituents is 1. The highest BCUT2D eigenvalue weighted by molar-refractivity contribution is 6.04. The van der Waals surface area contributed by atoms with Gasteiger partial charge in [-0.3, -0.25) is 14.9 Å². The van der Waals surface area contributed by atoms with E-state index >= 15 is 0 Å². The third-order valence-electron chi connectivity index (χ3n) is 4.10. The van der Waals surface area contributed by atoms with Crippen LogP contribution < -0.4 is 5.43 Å². The first-order chi connectivity index (χ1) is 12.1. The molecule has 122 valence electrons. The van der Waals surface area contributed by atoms with E-state index in [0.717, 1.165) is 10.8 Å². The number of rotatable bonds is 2. The Morgan fingerprint density at radius 3 is 2.36 bits per heavy atom. The third kappa shape index (κ3) is 2.31. The molecule has 0 saturated carbocycles. The second-order valence-corrected chi connectivity index (χ2v) is 5.58. The Hall–Kier alpha value is -3.67. The van der Waals surface area contributed by atoms with Crippen LogP contribution in [0.5, 0.6) is 5.75 Å². The average Bonchev–Trinajstić information content (AvgIpc) is 2.64. The molecule has 1 aromatic heterocycles. The van der Waals surface area contributed by atoms with Crippen molar-refractivity contribution in [3.63, 3.8) is 0 Å². The molecule has 0 aliphatic carbocycles. The minimum absolute atomic E-state index is 0.0104. The normalized spacial score (nSPS) is 11.0. The largest absolute Gasteiger partial charge is 0.502 e. The minimum Gasteiger partial charge on any atom is -0.502 e. The van der Waals surface area contributed by atoms with Gasteiger partial charge in [0.25, 0.3) is 5.69 Å². The van der Waals surface area contributed by atoms with E-state index < -0.39 is 16.1 Å².